The molecule has 4 heterocycles. The van der Waals surface area contributed by atoms with Gasteiger partial charge in [-0.2, -0.15) is 5.21 Å². The molecule has 1 aromatic carbocycles. The lowest BCUT2D eigenvalue weighted by molar-refractivity contribution is 0.813. The van der Waals surface area contributed by atoms with Gasteiger partial charge >= 0.3 is 0 Å². The van der Waals surface area contributed by atoms with E-state index in [0.29, 0.717) is 17.4 Å². The fraction of sp³-hybridized carbons (Fsp3) is 0.0556. The molecule has 0 saturated heterocycles. The van der Waals surface area contributed by atoms with Crippen molar-refractivity contribution >= 4 is 22.8 Å². The Hall–Kier alpha value is -3.52. The summed E-state index contributed by atoms with van der Waals surface area (Å²) in [5.74, 6) is 0.488. The van der Waals surface area contributed by atoms with Crippen molar-refractivity contribution in [3.05, 3.63) is 71.8 Å². The highest BCUT2D eigenvalue weighted by molar-refractivity contribution is 6.30. The summed E-state index contributed by atoms with van der Waals surface area (Å²) in [6, 6.07) is 13.8. The third-order valence-corrected chi connectivity index (χ3v) is 4.51. The van der Waals surface area contributed by atoms with Gasteiger partial charge in [0.2, 0.25) is 5.82 Å². The molecule has 0 fully saturated rings. The third-order valence-electron chi connectivity index (χ3n) is 4.30. The van der Waals surface area contributed by atoms with Crippen molar-refractivity contribution in [2.75, 3.05) is 0 Å². The molecule has 0 bridgehead atoms. The molecule has 8 nitrogen and oxygen atoms in total. The molecule has 132 valence electrons. The molecule has 0 amide bonds. The molecule has 27 heavy (non-hydrogen) atoms. The average molecular weight is 377 g/mol. The SMILES string of the molecule is Clc1cc(-c2nn[nH]n2)n(-c2ccc(Cn3cnc4cccnc43)cc2)c1. The quantitative estimate of drug-likeness (QED) is 0.520. The minimum absolute atomic E-state index is 0.488. The highest BCUT2D eigenvalue weighted by Gasteiger charge is 2.13. The molecule has 5 rings (SSSR count). The minimum atomic E-state index is 0.488. The van der Waals surface area contributed by atoms with Crippen molar-refractivity contribution in [2.24, 2.45) is 0 Å². The largest absolute Gasteiger partial charge is 0.312 e. The van der Waals surface area contributed by atoms with Crippen LogP contribution in [0.1, 0.15) is 5.56 Å². The van der Waals surface area contributed by atoms with Gasteiger partial charge in [0.25, 0.3) is 0 Å². The average Bonchev–Trinajstić information content (AvgIpc) is 3.43. The fourth-order valence-electron chi connectivity index (χ4n) is 3.06. The maximum Gasteiger partial charge on any atom is 0.221 e. The summed E-state index contributed by atoms with van der Waals surface area (Å²) in [4.78, 5) is 8.79. The van der Waals surface area contributed by atoms with Crippen LogP contribution in [0.4, 0.5) is 0 Å². The zero-order valence-electron chi connectivity index (χ0n) is 14.0. The predicted molar refractivity (Wildman–Crippen MR) is 101 cm³/mol. The van der Waals surface area contributed by atoms with E-state index in [9.17, 15) is 0 Å². The van der Waals surface area contributed by atoms with Gasteiger partial charge in [0.15, 0.2) is 5.65 Å². The monoisotopic (exact) mass is 376 g/mol. The summed E-state index contributed by atoms with van der Waals surface area (Å²) >= 11 is 6.19. The molecule has 5 aromatic rings. The zero-order valence-corrected chi connectivity index (χ0v) is 14.7. The molecule has 0 unspecified atom stereocenters. The summed E-state index contributed by atoms with van der Waals surface area (Å²) in [6.07, 6.45) is 5.42. The molecule has 0 aliphatic heterocycles. The number of H-pyrrole nitrogens is 1. The molecule has 0 aliphatic rings. The number of aromatic nitrogens is 8. The minimum Gasteiger partial charge on any atom is -0.312 e. The molecule has 4 aromatic heterocycles. The van der Waals surface area contributed by atoms with Crippen LogP contribution >= 0.6 is 11.6 Å². The zero-order chi connectivity index (χ0) is 18.2. The summed E-state index contributed by atoms with van der Waals surface area (Å²) in [6.45, 7) is 0.692. The summed E-state index contributed by atoms with van der Waals surface area (Å²) in [5.41, 5.74) is 4.63. The Morgan fingerprint density at radius 1 is 1.07 bits per heavy atom. The van der Waals surface area contributed by atoms with Gasteiger partial charge in [-0.1, -0.05) is 23.7 Å². The standard InChI is InChI=1S/C18H13ClN8/c19-13-8-16(17-22-24-25-23-17)27(10-13)14-5-3-12(4-6-14)9-26-11-21-15-2-1-7-20-18(15)26/h1-8,10-11H,9H2,(H,22,23,24,25). The van der Waals surface area contributed by atoms with Crippen LogP contribution < -0.4 is 0 Å². The second-order valence-electron chi connectivity index (χ2n) is 6.03. The van der Waals surface area contributed by atoms with E-state index < -0.39 is 0 Å². The Balaban J connectivity index is 1.46. The summed E-state index contributed by atoms with van der Waals surface area (Å²) < 4.78 is 3.97. The highest BCUT2D eigenvalue weighted by atomic mass is 35.5. The molecule has 9 heteroatoms. The number of aromatic amines is 1. The van der Waals surface area contributed by atoms with Gasteiger partial charge in [-0.15, -0.1) is 10.2 Å². The number of rotatable bonds is 4. The topological polar surface area (TPSA) is 90.1 Å². The van der Waals surface area contributed by atoms with Gasteiger partial charge in [-0.05, 0) is 41.1 Å². The van der Waals surface area contributed by atoms with Gasteiger partial charge in [-0.3, -0.25) is 0 Å². The number of hydrogen-bond acceptors (Lipinski definition) is 5. The molecule has 0 radical (unpaired) electrons. The molecule has 0 aliphatic carbocycles. The Bertz CT molecular complexity index is 1200. The number of nitrogens with one attached hydrogen (secondary N) is 1. The second kappa shape index (κ2) is 6.33. The summed E-state index contributed by atoms with van der Waals surface area (Å²) in [7, 11) is 0. The first kappa shape index (κ1) is 15.7. The van der Waals surface area contributed by atoms with Crippen molar-refractivity contribution in [3.8, 4) is 17.2 Å². The summed E-state index contributed by atoms with van der Waals surface area (Å²) in [5, 5.41) is 14.8. The normalized spacial score (nSPS) is 11.3. The number of fused-ring (bicyclic) bond motifs is 1. The van der Waals surface area contributed by atoms with Crippen molar-refractivity contribution in [3.63, 3.8) is 0 Å². The number of benzene rings is 1. The van der Waals surface area contributed by atoms with E-state index >= 15 is 0 Å². The van der Waals surface area contributed by atoms with E-state index in [0.717, 1.165) is 28.1 Å². The molecule has 0 atom stereocenters. The van der Waals surface area contributed by atoms with Crippen LogP contribution in [0.25, 0.3) is 28.4 Å². The fourth-order valence-corrected chi connectivity index (χ4v) is 3.26. The van der Waals surface area contributed by atoms with Gasteiger partial charge in [-0.25, -0.2) is 9.97 Å². The van der Waals surface area contributed by atoms with Gasteiger partial charge in [0, 0.05) is 18.1 Å². The number of imidazole rings is 1. The van der Waals surface area contributed by atoms with Crippen LogP contribution in [0.3, 0.4) is 0 Å². The lowest BCUT2D eigenvalue weighted by atomic mass is 10.2. The van der Waals surface area contributed by atoms with Crippen LogP contribution in [0.5, 0.6) is 0 Å². The van der Waals surface area contributed by atoms with E-state index in [4.69, 9.17) is 11.6 Å². The van der Waals surface area contributed by atoms with Crippen molar-refractivity contribution < 1.29 is 0 Å². The highest BCUT2D eigenvalue weighted by Crippen LogP contribution is 2.26. The van der Waals surface area contributed by atoms with Crippen LogP contribution in [0, 0.1) is 0 Å². The number of hydrogen-bond donors (Lipinski definition) is 1. The first-order valence-electron chi connectivity index (χ1n) is 8.25. The van der Waals surface area contributed by atoms with Crippen molar-refractivity contribution in [1.29, 1.82) is 0 Å². The van der Waals surface area contributed by atoms with Gasteiger partial charge in [0.1, 0.15) is 5.52 Å². The van der Waals surface area contributed by atoms with Gasteiger partial charge < -0.3 is 9.13 Å². The maximum atomic E-state index is 6.19. The van der Waals surface area contributed by atoms with E-state index in [2.05, 4.69) is 42.7 Å². The van der Waals surface area contributed by atoms with Crippen LogP contribution in [-0.4, -0.2) is 39.7 Å². The van der Waals surface area contributed by atoms with Crippen molar-refractivity contribution in [1.82, 2.24) is 39.7 Å². The number of pyridine rings is 1. The lowest BCUT2D eigenvalue weighted by Crippen LogP contribution is -2.00. The Morgan fingerprint density at radius 2 is 1.96 bits per heavy atom. The molecule has 0 spiro atoms. The number of halogens is 1. The predicted octanol–water partition coefficient (Wildman–Crippen LogP) is 3.10. The van der Waals surface area contributed by atoms with Crippen LogP contribution in [-0.2, 0) is 6.54 Å². The maximum absolute atomic E-state index is 6.19. The molecule has 0 saturated carbocycles. The Morgan fingerprint density at radius 3 is 2.78 bits per heavy atom. The number of nitrogens with zero attached hydrogens (tertiary/aromatic N) is 7. The first-order chi connectivity index (χ1) is 13.3. The van der Waals surface area contributed by atoms with E-state index in [1.54, 1.807) is 6.20 Å². The first-order valence-corrected chi connectivity index (χ1v) is 8.62. The Kier molecular flexibility index (Phi) is 3.68. The van der Waals surface area contributed by atoms with E-state index in [1.165, 1.54) is 0 Å². The van der Waals surface area contributed by atoms with E-state index in [-0.39, 0.29) is 0 Å². The number of tetrazole rings is 1. The van der Waals surface area contributed by atoms with Gasteiger partial charge in [0.05, 0.1) is 23.6 Å². The van der Waals surface area contributed by atoms with Crippen molar-refractivity contribution in [2.45, 2.75) is 6.54 Å². The van der Waals surface area contributed by atoms with Crippen LogP contribution in [0.2, 0.25) is 5.02 Å². The Labute approximate surface area is 158 Å². The lowest BCUT2D eigenvalue weighted by Gasteiger charge is -2.09. The molecular weight excluding hydrogens is 364 g/mol. The van der Waals surface area contributed by atoms with Crippen LogP contribution in [0.15, 0.2) is 61.2 Å². The van der Waals surface area contributed by atoms with E-state index in [1.807, 2.05) is 52.0 Å². The molecular formula is C18H13ClN8. The smallest absolute Gasteiger partial charge is 0.221 e. The molecule has 1 N–H and O–H groups in total. The second-order valence-corrected chi connectivity index (χ2v) is 6.47. The third kappa shape index (κ3) is 2.85.